The van der Waals surface area contributed by atoms with Crippen LogP contribution in [0.2, 0.25) is 0 Å². The predicted molar refractivity (Wildman–Crippen MR) is 348 cm³/mol. The molecule has 0 spiro atoms. The van der Waals surface area contributed by atoms with Crippen molar-refractivity contribution in [3.8, 4) is 33.4 Å². The van der Waals surface area contributed by atoms with E-state index in [1.54, 1.807) is 0 Å². The molecule has 0 bridgehead atoms. The predicted octanol–water partition coefficient (Wildman–Crippen LogP) is 20.3. The van der Waals surface area contributed by atoms with Gasteiger partial charge in [-0.1, -0.05) is 210 Å². The zero-order valence-corrected chi connectivity index (χ0v) is 49.1. The van der Waals surface area contributed by atoms with Gasteiger partial charge in [-0.15, -0.1) is 0 Å². The molecular formula is C76H72BN3O. The van der Waals surface area contributed by atoms with Crippen LogP contribution in [0.4, 0.5) is 45.5 Å². The van der Waals surface area contributed by atoms with Gasteiger partial charge in [0, 0.05) is 61.7 Å². The first-order chi connectivity index (χ1) is 38.7. The molecule has 0 radical (unpaired) electrons. The summed E-state index contributed by atoms with van der Waals surface area (Å²) in [6, 6.07) is 82.4. The van der Waals surface area contributed by atoms with E-state index in [0.717, 1.165) is 73.0 Å². The number of hydrogen-bond donors (Lipinski definition) is 0. The number of fused-ring (bicyclic) bond motifs is 7. The molecule has 2 aliphatic rings. The standard InChI is InChI=1S/C76H72BN3O/c1-73(2,3)52-27-34-56(35-28-52)78(57-36-29-53(30-37-57)74(4,5)6)59-40-41-60-64-43-51(49-21-15-13-16-22-49)44-69-72(64)77(80(67(60)46-59)58-38-31-54(32-39-58)75(7,8)9)65-48-71-63(61-25-19-20-26-70(61)81-71)47-68(65)79(69)66-42-33-55(76(10,11)12)45-62(66)50-23-17-14-18-24-50/h13-48H,1-12H3. The molecule has 400 valence electrons. The monoisotopic (exact) mass is 1050 g/mol. The van der Waals surface area contributed by atoms with Crippen LogP contribution in [0.1, 0.15) is 105 Å². The molecule has 0 saturated carbocycles. The molecule has 5 heteroatoms. The molecule has 4 nitrogen and oxygen atoms in total. The van der Waals surface area contributed by atoms with Crippen molar-refractivity contribution in [3.05, 3.63) is 241 Å². The molecular weight excluding hydrogens is 982 g/mol. The second-order valence-electron chi connectivity index (χ2n) is 26.7. The summed E-state index contributed by atoms with van der Waals surface area (Å²) >= 11 is 0. The van der Waals surface area contributed by atoms with Crippen molar-refractivity contribution < 1.29 is 4.42 Å². The second kappa shape index (κ2) is 19.1. The van der Waals surface area contributed by atoms with Gasteiger partial charge in [0.2, 0.25) is 0 Å². The third kappa shape index (κ3) is 9.12. The maximum Gasteiger partial charge on any atom is 0.333 e. The number of para-hydroxylation sites is 1. The number of nitrogens with zero attached hydrogens (tertiary/aromatic N) is 3. The molecule has 13 rings (SSSR count). The molecule has 10 aromatic carbocycles. The van der Waals surface area contributed by atoms with E-state index in [-0.39, 0.29) is 28.5 Å². The zero-order chi connectivity index (χ0) is 56.3. The Bertz CT molecular complexity index is 4130. The Morgan fingerprint density at radius 2 is 0.877 bits per heavy atom. The molecule has 2 aliphatic heterocycles. The van der Waals surface area contributed by atoms with E-state index >= 15 is 0 Å². The van der Waals surface area contributed by atoms with Crippen LogP contribution < -0.4 is 25.5 Å². The molecule has 11 aromatic rings. The highest BCUT2D eigenvalue weighted by molar-refractivity contribution is 6.93. The van der Waals surface area contributed by atoms with Crippen LogP contribution >= 0.6 is 0 Å². The molecule has 81 heavy (non-hydrogen) atoms. The van der Waals surface area contributed by atoms with Crippen molar-refractivity contribution in [2.24, 2.45) is 0 Å². The summed E-state index contributed by atoms with van der Waals surface area (Å²) in [6.07, 6.45) is 0. The lowest BCUT2D eigenvalue weighted by molar-refractivity contribution is 0.590. The normalized spacial score (nSPS) is 13.4. The van der Waals surface area contributed by atoms with Crippen molar-refractivity contribution >= 4 is 85.2 Å². The lowest BCUT2D eigenvalue weighted by Crippen LogP contribution is -2.61. The highest BCUT2D eigenvalue weighted by Crippen LogP contribution is 2.53. The van der Waals surface area contributed by atoms with E-state index in [2.05, 4.69) is 316 Å². The maximum atomic E-state index is 6.94. The lowest BCUT2D eigenvalue weighted by Gasteiger charge is -2.46. The number of furan rings is 1. The van der Waals surface area contributed by atoms with Crippen molar-refractivity contribution in [2.45, 2.75) is 105 Å². The van der Waals surface area contributed by atoms with Crippen LogP contribution in [-0.2, 0) is 21.7 Å². The molecule has 0 saturated heterocycles. The summed E-state index contributed by atoms with van der Waals surface area (Å²) in [7, 11) is 0. The summed E-state index contributed by atoms with van der Waals surface area (Å²) in [6.45, 7) is 27.3. The van der Waals surface area contributed by atoms with Gasteiger partial charge < -0.3 is 19.0 Å². The summed E-state index contributed by atoms with van der Waals surface area (Å²) in [5.74, 6) is 0. The number of rotatable bonds is 7. The van der Waals surface area contributed by atoms with Gasteiger partial charge in [0.1, 0.15) is 11.2 Å². The van der Waals surface area contributed by atoms with Crippen LogP contribution in [0, 0.1) is 0 Å². The van der Waals surface area contributed by atoms with Crippen molar-refractivity contribution in [1.29, 1.82) is 0 Å². The van der Waals surface area contributed by atoms with E-state index in [0.29, 0.717) is 0 Å². The van der Waals surface area contributed by atoms with Crippen LogP contribution in [0.25, 0.3) is 55.3 Å². The lowest BCUT2D eigenvalue weighted by atomic mass is 9.43. The van der Waals surface area contributed by atoms with Crippen molar-refractivity contribution in [2.75, 3.05) is 14.6 Å². The van der Waals surface area contributed by atoms with Crippen LogP contribution in [-0.4, -0.2) is 6.85 Å². The number of benzene rings is 10. The zero-order valence-electron chi connectivity index (χ0n) is 49.1. The van der Waals surface area contributed by atoms with Gasteiger partial charge in [-0.25, -0.2) is 0 Å². The van der Waals surface area contributed by atoms with Gasteiger partial charge in [-0.05, 0) is 168 Å². The minimum absolute atomic E-state index is 0.0102. The highest BCUT2D eigenvalue weighted by Gasteiger charge is 2.46. The van der Waals surface area contributed by atoms with Gasteiger partial charge in [0.05, 0.1) is 5.69 Å². The molecule has 0 aliphatic carbocycles. The Balaban J connectivity index is 1.15. The highest BCUT2D eigenvalue weighted by atomic mass is 16.3. The Morgan fingerprint density at radius 3 is 1.47 bits per heavy atom. The summed E-state index contributed by atoms with van der Waals surface area (Å²) in [5.41, 5.74) is 25.3. The van der Waals surface area contributed by atoms with Crippen molar-refractivity contribution in [1.82, 2.24) is 0 Å². The first-order valence-electron chi connectivity index (χ1n) is 28.9. The molecule has 0 amide bonds. The van der Waals surface area contributed by atoms with Crippen LogP contribution in [0.15, 0.2) is 223 Å². The molecule has 0 unspecified atom stereocenters. The molecule has 3 heterocycles. The van der Waals surface area contributed by atoms with E-state index in [1.807, 2.05) is 0 Å². The largest absolute Gasteiger partial charge is 0.456 e. The number of hydrogen-bond acceptors (Lipinski definition) is 4. The Hall–Kier alpha value is -8.54. The van der Waals surface area contributed by atoms with E-state index < -0.39 is 0 Å². The fourth-order valence-electron chi connectivity index (χ4n) is 12.5. The van der Waals surface area contributed by atoms with Gasteiger partial charge >= 0.3 is 6.85 Å². The summed E-state index contributed by atoms with van der Waals surface area (Å²) in [5, 5.41) is 2.19. The van der Waals surface area contributed by atoms with Crippen LogP contribution in [0.3, 0.4) is 0 Å². The van der Waals surface area contributed by atoms with Gasteiger partial charge in [-0.3, -0.25) is 0 Å². The van der Waals surface area contributed by atoms with Gasteiger partial charge in [0.25, 0.3) is 0 Å². The van der Waals surface area contributed by atoms with E-state index in [4.69, 9.17) is 4.42 Å². The molecule has 0 N–H and O–H groups in total. The Morgan fingerprint density at radius 1 is 0.346 bits per heavy atom. The van der Waals surface area contributed by atoms with E-state index in [1.165, 1.54) is 61.0 Å². The topological polar surface area (TPSA) is 22.9 Å². The fourth-order valence-corrected chi connectivity index (χ4v) is 12.5. The van der Waals surface area contributed by atoms with Crippen molar-refractivity contribution in [3.63, 3.8) is 0 Å². The van der Waals surface area contributed by atoms with Gasteiger partial charge in [-0.2, -0.15) is 0 Å². The third-order valence-corrected chi connectivity index (χ3v) is 17.1. The minimum Gasteiger partial charge on any atom is -0.456 e. The van der Waals surface area contributed by atoms with Crippen LogP contribution in [0.5, 0.6) is 0 Å². The molecule has 0 fully saturated rings. The first kappa shape index (κ1) is 51.9. The maximum absolute atomic E-state index is 6.94. The minimum atomic E-state index is -0.272. The average Bonchev–Trinajstić information content (AvgIpc) is 3.90. The quantitative estimate of drug-likeness (QED) is 0.148. The smallest absolute Gasteiger partial charge is 0.333 e. The molecule has 0 atom stereocenters. The third-order valence-electron chi connectivity index (χ3n) is 17.1. The Kier molecular flexibility index (Phi) is 12.2. The summed E-state index contributed by atoms with van der Waals surface area (Å²) < 4.78 is 6.94. The first-order valence-corrected chi connectivity index (χ1v) is 28.9. The summed E-state index contributed by atoms with van der Waals surface area (Å²) in [4.78, 5) is 7.69. The SMILES string of the molecule is CC(C)(C)c1ccc(N2B3c4cc5oc6ccccc6c5cc4N(c4ccc(C(C)(C)C)cc4-c4ccccc4)c4cc(-c5ccccc5)cc(c43)-c3ccc(N(c4ccc(C(C)(C)C)cc4)c4ccc(C(C)(C)C)cc4)cc32)cc1. The van der Waals surface area contributed by atoms with E-state index in [9.17, 15) is 0 Å². The Labute approximate surface area is 480 Å². The fraction of sp³-hybridized carbons (Fsp3) is 0.211. The molecule has 1 aromatic heterocycles. The number of anilines is 8. The second-order valence-corrected chi connectivity index (χ2v) is 26.7. The average molecular weight is 1050 g/mol. The van der Waals surface area contributed by atoms with Gasteiger partial charge in [0.15, 0.2) is 0 Å².